The Labute approximate surface area is 157 Å². The van der Waals surface area contributed by atoms with Crippen LogP contribution in [0.3, 0.4) is 0 Å². The molecule has 0 aromatic carbocycles. The van der Waals surface area contributed by atoms with Gasteiger partial charge in [0.25, 0.3) is 0 Å². The molecule has 0 spiro atoms. The number of nitrogens with zero attached hydrogens (tertiary/aromatic N) is 1. The first-order valence-corrected chi connectivity index (χ1v) is 10.9. The Balaban J connectivity index is 4.31. The molecule has 156 valence electrons. The van der Waals surface area contributed by atoms with Gasteiger partial charge in [-0.2, -0.15) is 8.78 Å². The second-order valence-corrected chi connectivity index (χ2v) is 9.92. The van der Waals surface area contributed by atoms with Crippen LogP contribution >= 0.6 is 0 Å². The number of sulfone groups is 1. The lowest BCUT2D eigenvalue weighted by Gasteiger charge is -2.29. The van der Waals surface area contributed by atoms with Crippen molar-refractivity contribution in [3.63, 3.8) is 0 Å². The number of rotatable bonds is 12. The number of hydrogen-bond donors (Lipinski definition) is 0. The Morgan fingerprint density at radius 1 is 1.04 bits per heavy atom. The molecule has 0 saturated heterocycles. The molecule has 0 fully saturated rings. The molecule has 26 heavy (non-hydrogen) atoms. The van der Waals surface area contributed by atoms with Crippen LogP contribution in [0.4, 0.5) is 8.78 Å². The van der Waals surface area contributed by atoms with Gasteiger partial charge in [-0.3, -0.25) is 9.69 Å². The van der Waals surface area contributed by atoms with Crippen molar-refractivity contribution in [1.82, 2.24) is 4.90 Å². The first-order valence-electron chi connectivity index (χ1n) is 9.33. The number of carbonyl (C=O) groups is 1. The fourth-order valence-electron chi connectivity index (χ4n) is 2.49. The fraction of sp³-hybridized carbons (Fsp3) is 0.944. The van der Waals surface area contributed by atoms with Gasteiger partial charge in [-0.15, -0.1) is 0 Å². The molecule has 0 aromatic rings. The number of halogens is 2. The summed E-state index contributed by atoms with van der Waals surface area (Å²) in [5, 5.41) is -4.93. The van der Waals surface area contributed by atoms with Crippen molar-refractivity contribution in [2.75, 3.05) is 19.7 Å². The average molecular weight is 400 g/mol. The predicted molar refractivity (Wildman–Crippen MR) is 99.7 cm³/mol. The summed E-state index contributed by atoms with van der Waals surface area (Å²) in [4.78, 5) is 13.1. The van der Waals surface area contributed by atoms with Crippen molar-refractivity contribution in [2.24, 2.45) is 5.41 Å². The van der Waals surface area contributed by atoms with Gasteiger partial charge in [0, 0.05) is 6.42 Å². The Morgan fingerprint density at radius 3 is 2.00 bits per heavy atom. The Kier molecular flexibility index (Phi) is 10.2. The summed E-state index contributed by atoms with van der Waals surface area (Å²) in [6.07, 6.45) is 1.10. The van der Waals surface area contributed by atoms with Crippen LogP contribution in [0.25, 0.3) is 0 Å². The van der Waals surface area contributed by atoms with E-state index in [0.29, 0.717) is 32.4 Å². The van der Waals surface area contributed by atoms with Crippen molar-refractivity contribution in [1.29, 1.82) is 0 Å². The van der Waals surface area contributed by atoms with Crippen LogP contribution in [0, 0.1) is 5.41 Å². The largest absolute Gasteiger partial charge is 0.465 e. The van der Waals surface area contributed by atoms with Gasteiger partial charge in [-0.1, -0.05) is 26.7 Å². The highest BCUT2D eigenvalue weighted by Crippen LogP contribution is 2.32. The van der Waals surface area contributed by atoms with Crippen molar-refractivity contribution >= 4 is 15.8 Å². The van der Waals surface area contributed by atoms with Crippen LogP contribution in [0.1, 0.15) is 73.6 Å². The third kappa shape index (κ3) is 7.47. The van der Waals surface area contributed by atoms with Crippen molar-refractivity contribution < 1.29 is 26.7 Å². The van der Waals surface area contributed by atoms with Gasteiger partial charge in [-0.25, -0.2) is 8.42 Å². The van der Waals surface area contributed by atoms with Crippen LogP contribution in [0.2, 0.25) is 0 Å². The molecule has 0 rings (SSSR count). The van der Waals surface area contributed by atoms with E-state index in [9.17, 15) is 22.0 Å². The van der Waals surface area contributed by atoms with Gasteiger partial charge in [0.1, 0.15) is 5.37 Å². The Bertz CT molecular complexity index is 526. The number of alkyl halides is 2. The standard InChI is InChI=1S/C18H35F2NO4S/c1-7-21(8-2)15(3)26(23,24)18(19,20)13-11-9-10-12-14-25-16(22)17(4,5)6/h15H,7-14H2,1-6H3. The van der Waals surface area contributed by atoms with E-state index in [4.69, 9.17) is 4.74 Å². The minimum absolute atomic E-state index is 0.115. The molecule has 0 aliphatic heterocycles. The molecule has 0 amide bonds. The third-order valence-corrected chi connectivity index (χ3v) is 6.63. The average Bonchev–Trinajstić information content (AvgIpc) is 2.53. The minimum atomic E-state index is -4.56. The SMILES string of the molecule is CCN(CC)C(C)S(=O)(=O)C(F)(F)CCCCCCOC(=O)C(C)(C)C. The fourth-order valence-corrected chi connectivity index (χ4v) is 4.11. The summed E-state index contributed by atoms with van der Waals surface area (Å²) in [7, 11) is -4.56. The van der Waals surface area contributed by atoms with E-state index < -0.39 is 32.3 Å². The van der Waals surface area contributed by atoms with Gasteiger partial charge < -0.3 is 4.74 Å². The van der Waals surface area contributed by atoms with E-state index in [0.717, 1.165) is 0 Å². The maximum absolute atomic E-state index is 14.2. The summed E-state index contributed by atoms with van der Waals surface area (Å²) in [5.41, 5.74) is -0.558. The molecule has 0 aromatic heterocycles. The molecule has 1 atom stereocenters. The topological polar surface area (TPSA) is 63.7 Å². The number of esters is 1. The molecular formula is C18H35F2NO4S. The van der Waals surface area contributed by atoms with E-state index in [1.54, 1.807) is 34.6 Å². The third-order valence-electron chi connectivity index (χ3n) is 4.40. The number of unbranched alkanes of at least 4 members (excludes halogenated alkanes) is 3. The first-order chi connectivity index (χ1) is 11.8. The number of carbonyl (C=O) groups excluding carboxylic acids is 1. The minimum Gasteiger partial charge on any atom is -0.465 e. The second-order valence-electron chi connectivity index (χ2n) is 7.55. The normalized spacial score (nSPS) is 14.5. The molecule has 0 heterocycles. The molecule has 0 bridgehead atoms. The van der Waals surface area contributed by atoms with Crippen molar-refractivity contribution in [3.05, 3.63) is 0 Å². The molecule has 0 aliphatic carbocycles. The molecule has 8 heteroatoms. The Hall–Kier alpha value is -0.760. The van der Waals surface area contributed by atoms with Gasteiger partial charge in [0.05, 0.1) is 12.0 Å². The van der Waals surface area contributed by atoms with Crippen LogP contribution in [-0.2, 0) is 19.4 Å². The van der Waals surface area contributed by atoms with Crippen molar-refractivity contribution in [3.8, 4) is 0 Å². The highest BCUT2D eigenvalue weighted by atomic mass is 32.2. The Morgan fingerprint density at radius 2 is 1.54 bits per heavy atom. The van der Waals surface area contributed by atoms with Crippen molar-refractivity contribution in [2.45, 2.75) is 84.3 Å². The number of ether oxygens (including phenoxy) is 1. The molecular weight excluding hydrogens is 364 g/mol. The lowest BCUT2D eigenvalue weighted by Crippen LogP contribution is -2.46. The summed E-state index contributed by atoms with van der Waals surface area (Å²) in [6.45, 7) is 11.2. The van der Waals surface area contributed by atoms with E-state index in [1.165, 1.54) is 11.8 Å². The van der Waals surface area contributed by atoms with Crippen LogP contribution in [0.5, 0.6) is 0 Å². The highest BCUT2D eigenvalue weighted by molar-refractivity contribution is 7.93. The number of hydrogen-bond acceptors (Lipinski definition) is 5. The lowest BCUT2D eigenvalue weighted by molar-refractivity contribution is -0.153. The van der Waals surface area contributed by atoms with Gasteiger partial charge >= 0.3 is 11.2 Å². The summed E-state index contributed by atoms with van der Waals surface area (Å²) in [5.74, 6) is -0.291. The summed E-state index contributed by atoms with van der Waals surface area (Å²) < 4.78 is 57.9. The summed E-state index contributed by atoms with van der Waals surface area (Å²) >= 11 is 0. The molecule has 0 N–H and O–H groups in total. The van der Waals surface area contributed by atoms with E-state index in [1.807, 2.05) is 0 Å². The maximum Gasteiger partial charge on any atom is 0.347 e. The second kappa shape index (κ2) is 10.5. The zero-order valence-electron chi connectivity index (χ0n) is 17.0. The first kappa shape index (κ1) is 25.2. The van der Waals surface area contributed by atoms with E-state index in [2.05, 4.69) is 0 Å². The van der Waals surface area contributed by atoms with E-state index >= 15 is 0 Å². The van der Waals surface area contributed by atoms with E-state index in [-0.39, 0.29) is 19.0 Å². The molecule has 5 nitrogen and oxygen atoms in total. The monoisotopic (exact) mass is 399 g/mol. The smallest absolute Gasteiger partial charge is 0.347 e. The zero-order valence-corrected chi connectivity index (χ0v) is 17.8. The molecule has 0 saturated carbocycles. The predicted octanol–water partition coefficient (Wildman–Crippen LogP) is 4.22. The zero-order chi connectivity index (χ0) is 20.6. The van der Waals surface area contributed by atoms with Gasteiger partial charge in [0.2, 0.25) is 9.84 Å². The molecule has 0 radical (unpaired) electrons. The summed E-state index contributed by atoms with van der Waals surface area (Å²) in [6, 6.07) is 0. The molecule has 0 aliphatic rings. The maximum atomic E-state index is 14.2. The lowest BCUT2D eigenvalue weighted by atomic mass is 9.97. The van der Waals surface area contributed by atoms with Crippen LogP contribution in [0.15, 0.2) is 0 Å². The van der Waals surface area contributed by atoms with Gasteiger partial charge in [-0.05, 0) is 53.6 Å². The molecule has 1 unspecified atom stereocenters. The van der Waals surface area contributed by atoms with Gasteiger partial charge in [0.15, 0.2) is 0 Å². The highest BCUT2D eigenvalue weighted by Gasteiger charge is 2.48. The van der Waals surface area contributed by atoms with Crippen LogP contribution in [-0.4, -0.2) is 49.6 Å². The quantitative estimate of drug-likeness (QED) is 0.363. The van der Waals surface area contributed by atoms with Crippen LogP contribution < -0.4 is 0 Å².